The van der Waals surface area contributed by atoms with E-state index >= 15 is 0 Å². The molecule has 1 spiro atoms. The lowest BCUT2D eigenvalue weighted by molar-refractivity contribution is 0.174. The summed E-state index contributed by atoms with van der Waals surface area (Å²) in [6.45, 7) is 7.50. The van der Waals surface area contributed by atoms with Crippen LogP contribution in [0.2, 0.25) is 0 Å². The highest BCUT2D eigenvalue weighted by Crippen LogP contribution is 2.48. The minimum Gasteiger partial charge on any atom is -0.378 e. The Morgan fingerprint density at radius 3 is 1.93 bits per heavy atom. The molecule has 0 radical (unpaired) electrons. The average molecular weight is 638 g/mol. The summed E-state index contributed by atoms with van der Waals surface area (Å²) in [6.07, 6.45) is 12.6. The Hall–Kier alpha value is -1.24. The van der Waals surface area contributed by atoms with E-state index in [0.717, 1.165) is 75.8 Å². The first-order valence-electron chi connectivity index (χ1n) is 16.8. The fraction of sp³-hybridized carbons (Fsp3) is 0.812. The minimum absolute atomic E-state index is 0.325. The Balaban J connectivity index is 1.42. The summed E-state index contributed by atoms with van der Waals surface area (Å²) >= 11 is 0. The van der Waals surface area contributed by atoms with Crippen LogP contribution in [0, 0.1) is 18.3 Å². The molecular formula is C32H55N5O4S2. The predicted molar refractivity (Wildman–Crippen MR) is 174 cm³/mol. The maximum atomic E-state index is 14.3. The van der Waals surface area contributed by atoms with Crippen LogP contribution in [-0.2, 0) is 20.2 Å². The van der Waals surface area contributed by atoms with Gasteiger partial charge in [-0.3, -0.25) is 0 Å². The average Bonchev–Trinajstić information content (AvgIpc) is 3.75. The number of piperidine rings is 1. The van der Waals surface area contributed by atoms with Crippen LogP contribution in [0.5, 0.6) is 0 Å². The van der Waals surface area contributed by atoms with Crippen molar-refractivity contribution in [3.05, 3.63) is 23.8 Å². The van der Waals surface area contributed by atoms with Gasteiger partial charge in [0, 0.05) is 65.6 Å². The van der Waals surface area contributed by atoms with Crippen molar-refractivity contribution in [2.75, 3.05) is 77.9 Å². The largest absolute Gasteiger partial charge is 0.378 e. The van der Waals surface area contributed by atoms with Gasteiger partial charge in [0.25, 0.3) is 10.2 Å². The Morgan fingerprint density at radius 2 is 1.33 bits per heavy atom. The SMILES string of the molecule is Cc1cc(N(C)C)ccc1S(=O)(=O)N1CCCN(CC2CCCCC2)CCCN(S(=O)(=O)N2CCCCC2)CC2(CC2)C1. The molecule has 244 valence electrons. The summed E-state index contributed by atoms with van der Waals surface area (Å²) in [6, 6.07) is 5.56. The Bertz CT molecular complexity index is 1290. The molecule has 5 rings (SSSR count). The molecule has 2 saturated carbocycles. The normalized spacial score (nSPS) is 24.8. The maximum absolute atomic E-state index is 14.3. The number of nitrogens with zero attached hydrogens (tertiary/aromatic N) is 5. The lowest BCUT2D eigenvalue weighted by Gasteiger charge is -2.37. The van der Waals surface area contributed by atoms with Gasteiger partial charge in [-0.2, -0.15) is 21.3 Å². The summed E-state index contributed by atoms with van der Waals surface area (Å²) in [4.78, 5) is 4.84. The summed E-state index contributed by atoms with van der Waals surface area (Å²) in [5, 5.41) is 0. The molecule has 0 unspecified atom stereocenters. The number of sulfonamides is 1. The molecule has 0 bridgehead atoms. The second kappa shape index (κ2) is 14.0. The van der Waals surface area contributed by atoms with E-state index in [1.807, 2.05) is 38.1 Å². The van der Waals surface area contributed by atoms with Gasteiger partial charge in [0.15, 0.2) is 0 Å². The number of anilines is 1. The van der Waals surface area contributed by atoms with E-state index in [1.54, 1.807) is 19.0 Å². The molecule has 0 amide bonds. The van der Waals surface area contributed by atoms with Gasteiger partial charge in [0.1, 0.15) is 0 Å². The third-order valence-electron chi connectivity index (χ3n) is 10.2. The smallest absolute Gasteiger partial charge is 0.281 e. The number of hydrogen-bond acceptors (Lipinski definition) is 6. The van der Waals surface area contributed by atoms with E-state index in [9.17, 15) is 16.8 Å². The highest BCUT2D eigenvalue weighted by molar-refractivity contribution is 7.89. The van der Waals surface area contributed by atoms with Gasteiger partial charge in [-0.1, -0.05) is 25.7 Å². The van der Waals surface area contributed by atoms with Crippen molar-refractivity contribution in [1.29, 1.82) is 0 Å². The third kappa shape index (κ3) is 8.14. The monoisotopic (exact) mass is 637 g/mol. The molecule has 1 aromatic rings. The molecule has 43 heavy (non-hydrogen) atoms. The summed E-state index contributed by atoms with van der Waals surface area (Å²) < 4.78 is 61.7. The van der Waals surface area contributed by atoms with Crippen molar-refractivity contribution in [2.24, 2.45) is 11.3 Å². The summed E-state index contributed by atoms with van der Waals surface area (Å²) in [7, 11) is -3.44. The van der Waals surface area contributed by atoms with Crippen molar-refractivity contribution in [3.8, 4) is 0 Å². The van der Waals surface area contributed by atoms with Gasteiger partial charge in [-0.05, 0) is 106 Å². The van der Waals surface area contributed by atoms with E-state index < -0.39 is 20.2 Å². The van der Waals surface area contributed by atoms with Gasteiger partial charge in [-0.25, -0.2) is 8.42 Å². The van der Waals surface area contributed by atoms with E-state index in [0.29, 0.717) is 50.1 Å². The lowest BCUT2D eigenvalue weighted by atomic mass is 9.89. The summed E-state index contributed by atoms with van der Waals surface area (Å²) in [5.74, 6) is 0.683. The molecule has 2 aliphatic carbocycles. The Labute approximate surface area is 261 Å². The summed E-state index contributed by atoms with van der Waals surface area (Å²) in [5.41, 5.74) is 1.39. The van der Waals surface area contributed by atoms with Crippen molar-refractivity contribution in [2.45, 2.75) is 88.9 Å². The first-order valence-corrected chi connectivity index (χ1v) is 19.6. The first-order chi connectivity index (χ1) is 20.5. The van der Waals surface area contributed by atoms with E-state index in [-0.39, 0.29) is 5.41 Å². The predicted octanol–water partition coefficient (Wildman–Crippen LogP) is 4.54. The van der Waals surface area contributed by atoms with Crippen LogP contribution in [0.3, 0.4) is 0 Å². The van der Waals surface area contributed by atoms with Crippen LogP contribution in [0.25, 0.3) is 0 Å². The van der Waals surface area contributed by atoms with Crippen molar-refractivity contribution >= 4 is 25.9 Å². The molecule has 4 fully saturated rings. The second-order valence-corrected chi connectivity index (χ2v) is 17.8. The molecule has 2 heterocycles. The zero-order valence-electron chi connectivity index (χ0n) is 26.8. The van der Waals surface area contributed by atoms with E-state index in [2.05, 4.69) is 4.90 Å². The third-order valence-corrected chi connectivity index (χ3v) is 14.2. The number of rotatable bonds is 7. The number of benzene rings is 1. The van der Waals surface area contributed by atoms with Gasteiger partial charge in [0.2, 0.25) is 10.0 Å². The molecule has 4 aliphatic rings. The molecule has 1 aromatic carbocycles. The topological polar surface area (TPSA) is 84.5 Å². The fourth-order valence-electron chi connectivity index (χ4n) is 7.42. The van der Waals surface area contributed by atoms with Crippen molar-refractivity contribution in [1.82, 2.24) is 17.8 Å². The Morgan fingerprint density at radius 1 is 0.744 bits per heavy atom. The molecule has 2 saturated heterocycles. The van der Waals surface area contributed by atoms with Crippen molar-refractivity contribution in [3.63, 3.8) is 0 Å². The van der Waals surface area contributed by atoms with Crippen LogP contribution in [-0.4, -0.2) is 108 Å². The van der Waals surface area contributed by atoms with Gasteiger partial charge in [0.05, 0.1) is 4.90 Å². The molecular weight excluding hydrogens is 583 g/mol. The molecule has 0 atom stereocenters. The van der Waals surface area contributed by atoms with Gasteiger partial charge >= 0.3 is 0 Å². The molecule has 0 N–H and O–H groups in total. The molecule has 0 aromatic heterocycles. The number of hydrogen-bond donors (Lipinski definition) is 0. The standard InChI is InChI=1S/C32H55N5O4S2/c1-28-24-30(33(2)3)14-15-31(28)42(38,39)36-22-10-18-34(25-29-12-6-4-7-13-29)19-11-23-37(27-32(26-36)16-17-32)43(40,41)35-20-8-5-9-21-35/h14-15,24,29H,4-13,16-23,25-27H2,1-3H3. The van der Waals surface area contributed by atoms with E-state index in [1.165, 1.54) is 32.1 Å². The second-order valence-electron chi connectivity index (χ2n) is 14.0. The molecule has 11 heteroatoms. The van der Waals surface area contributed by atoms with Gasteiger partial charge < -0.3 is 9.80 Å². The van der Waals surface area contributed by atoms with Crippen LogP contribution in [0.4, 0.5) is 5.69 Å². The van der Waals surface area contributed by atoms with Crippen LogP contribution in [0.15, 0.2) is 23.1 Å². The lowest BCUT2D eigenvalue weighted by Crippen LogP contribution is -2.50. The van der Waals surface area contributed by atoms with Crippen LogP contribution < -0.4 is 4.90 Å². The van der Waals surface area contributed by atoms with Gasteiger partial charge in [-0.15, -0.1) is 0 Å². The van der Waals surface area contributed by atoms with Crippen LogP contribution in [0.1, 0.15) is 82.6 Å². The zero-order chi connectivity index (χ0) is 30.7. The maximum Gasteiger partial charge on any atom is 0.281 e. The van der Waals surface area contributed by atoms with Crippen molar-refractivity contribution < 1.29 is 16.8 Å². The molecule has 2 aliphatic heterocycles. The highest BCUT2D eigenvalue weighted by atomic mass is 32.2. The highest BCUT2D eigenvalue weighted by Gasteiger charge is 2.49. The molecule has 9 nitrogen and oxygen atoms in total. The van der Waals surface area contributed by atoms with E-state index in [4.69, 9.17) is 0 Å². The number of aryl methyl sites for hydroxylation is 1. The minimum atomic E-state index is -3.76. The fourth-order valence-corrected chi connectivity index (χ4v) is 11.1. The first kappa shape index (κ1) is 33.1. The quantitative estimate of drug-likeness (QED) is 0.437. The zero-order valence-corrected chi connectivity index (χ0v) is 28.5. The Kier molecular flexibility index (Phi) is 10.8. The van der Waals surface area contributed by atoms with Crippen LogP contribution >= 0.6 is 0 Å².